The molecule has 19 heavy (non-hydrogen) atoms. The number of rotatable bonds is 3. The van der Waals surface area contributed by atoms with Gasteiger partial charge in [0.1, 0.15) is 5.75 Å². The standard InChI is InChI=1S/C15H23BrN2O/c1-15(2)11-18(8-7-17(15)3)10-12-9-13(16)5-6-14(12)19-4/h5-6,9H,7-8,10-11H2,1-4H3. The van der Waals surface area contributed by atoms with Crippen molar-refractivity contribution in [2.24, 2.45) is 0 Å². The maximum absolute atomic E-state index is 5.46. The fourth-order valence-electron chi connectivity index (χ4n) is 2.59. The lowest BCUT2D eigenvalue weighted by molar-refractivity contribution is 0.0356. The van der Waals surface area contributed by atoms with Gasteiger partial charge in [0.2, 0.25) is 0 Å². The van der Waals surface area contributed by atoms with Crippen LogP contribution in [0.1, 0.15) is 19.4 Å². The van der Waals surface area contributed by atoms with E-state index >= 15 is 0 Å². The Balaban J connectivity index is 2.11. The molecule has 0 unspecified atom stereocenters. The Hall–Kier alpha value is -0.580. The van der Waals surface area contributed by atoms with E-state index in [2.05, 4.69) is 52.7 Å². The Kier molecular flexibility index (Phi) is 4.54. The zero-order valence-electron chi connectivity index (χ0n) is 12.2. The smallest absolute Gasteiger partial charge is 0.123 e. The lowest BCUT2D eigenvalue weighted by Gasteiger charge is -2.45. The highest BCUT2D eigenvalue weighted by Gasteiger charge is 2.31. The number of hydrogen-bond acceptors (Lipinski definition) is 3. The quantitative estimate of drug-likeness (QED) is 0.849. The Bertz CT molecular complexity index is 448. The number of likely N-dealkylation sites (N-methyl/N-ethyl adjacent to an activating group) is 1. The third kappa shape index (κ3) is 3.50. The van der Waals surface area contributed by atoms with Crippen LogP contribution in [0.25, 0.3) is 0 Å². The van der Waals surface area contributed by atoms with E-state index in [4.69, 9.17) is 4.74 Å². The van der Waals surface area contributed by atoms with Crippen LogP contribution in [0.5, 0.6) is 5.75 Å². The monoisotopic (exact) mass is 326 g/mol. The van der Waals surface area contributed by atoms with Crippen molar-refractivity contribution >= 4 is 15.9 Å². The third-order valence-electron chi connectivity index (χ3n) is 4.03. The van der Waals surface area contributed by atoms with Crippen molar-refractivity contribution < 1.29 is 4.74 Å². The van der Waals surface area contributed by atoms with Gasteiger partial charge in [0.15, 0.2) is 0 Å². The van der Waals surface area contributed by atoms with Gasteiger partial charge >= 0.3 is 0 Å². The molecule has 2 rings (SSSR count). The molecule has 0 saturated carbocycles. The number of nitrogens with zero attached hydrogens (tertiary/aromatic N) is 2. The summed E-state index contributed by atoms with van der Waals surface area (Å²) < 4.78 is 6.57. The topological polar surface area (TPSA) is 15.7 Å². The average Bonchev–Trinajstić information content (AvgIpc) is 2.34. The molecule has 1 aromatic carbocycles. The van der Waals surface area contributed by atoms with Crippen LogP contribution in [-0.2, 0) is 6.54 Å². The lowest BCUT2D eigenvalue weighted by atomic mass is 9.99. The molecular formula is C15H23BrN2O. The number of methoxy groups -OCH3 is 1. The van der Waals surface area contributed by atoms with E-state index in [9.17, 15) is 0 Å². The van der Waals surface area contributed by atoms with E-state index in [1.54, 1.807) is 7.11 Å². The van der Waals surface area contributed by atoms with Crippen molar-refractivity contribution in [2.45, 2.75) is 25.9 Å². The molecule has 0 atom stereocenters. The van der Waals surface area contributed by atoms with Crippen LogP contribution in [0.15, 0.2) is 22.7 Å². The minimum Gasteiger partial charge on any atom is -0.496 e. The Morgan fingerprint density at radius 2 is 2.05 bits per heavy atom. The van der Waals surface area contributed by atoms with Crippen LogP contribution in [0.2, 0.25) is 0 Å². The lowest BCUT2D eigenvalue weighted by Crippen LogP contribution is -2.57. The van der Waals surface area contributed by atoms with E-state index in [-0.39, 0.29) is 5.54 Å². The van der Waals surface area contributed by atoms with E-state index in [1.165, 1.54) is 5.56 Å². The first-order chi connectivity index (χ1) is 8.92. The highest BCUT2D eigenvalue weighted by Crippen LogP contribution is 2.26. The molecule has 3 nitrogen and oxygen atoms in total. The highest BCUT2D eigenvalue weighted by atomic mass is 79.9. The molecule has 0 aromatic heterocycles. The summed E-state index contributed by atoms with van der Waals surface area (Å²) in [6, 6.07) is 6.21. The summed E-state index contributed by atoms with van der Waals surface area (Å²) in [5.74, 6) is 0.972. The maximum Gasteiger partial charge on any atom is 0.123 e. The summed E-state index contributed by atoms with van der Waals surface area (Å²) >= 11 is 3.54. The van der Waals surface area contributed by atoms with Gasteiger partial charge in [-0.15, -0.1) is 0 Å². The van der Waals surface area contributed by atoms with Gasteiger partial charge in [-0.2, -0.15) is 0 Å². The molecule has 1 aliphatic heterocycles. The van der Waals surface area contributed by atoms with E-state index in [0.717, 1.165) is 36.4 Å². The predicted molar refractivity (Wildman–Crippen MR) is 82.7 cm³/mol. The molecule has 4 heteroatoms. The van der Waals surface area contributed by atoms with Crippen molar-refractivity contribution in [2.75, 3.05) is 33.8 Å². The second kappa shape index (κ2) is 5.81. The van der Waals surface area contributed by atoms with Gasteiger partial charge < -0.3 is 4.74 Å². The van der Waals surface area contributed by atoms with Crippen LogP contribution in [0.3, 0.4) is 0 Å². The summed E-state index contributed by atoms with van der Waals surface area (Å²) in [5.41, 5.74) is 1.48. The minimum absolute atomic E-state index is 0.234. The molecule has 1 saturated heterocycles. The van der Waals surface area contributed by atoms with Crippen LogP contribution in [0, 0.1) is 0 Å². The number of piperazine rings is 1. The molecule has 1 heterocycles. The first-order valence-corrected chi connectivity index (χ1v) is 7.48. The molecule has 1 fully saturated rings. The Morgan fingerprint density at radius 1 is 1.32 bits per heavy atom. The molecular weight excluding hydrogens is 304 g/mol. The minimum atomic E-state index is 0.234. The van der Waals surface area contributed by atoms with Crippen molar-refractivity contribution in [3.05, 3.63) is 28.2 Å². The Morgan fingerprint density at radius 3 is 2.68 bits per heavy atom. The zero-order valence-corrected chi connectivity index (χ0v) is 13.8. The van der Waals surface area contributed by atoms with Gasteiger partial charge in [0.05, 0.1) is 7.11 Å². The van der Waals surface area contributed by atoms with Crippen molar-refractivity contribution in [1.29, 1.82) is 0 Å². The number of benzene rings is 1. The Labute approximate surface area is 124 Å². The molecule has 0 N–H and O–H groups in total. The fraction of sp³-hybridized carbons (Fsp3) is 0.600. The number of halogens is 1. The number of ether oxygens (including phenoxy) is 1. The van der Waals surface area contributed by atoms with Gasteiger partial charge in [-0.05, 0) is 39.1 Å². The zero-order chi connectivity index (χ0) is 14.0. The predicted octanol–water partition coefficient (Wildman–Crippen LogP) is 2.98. The van der Waals surface area contributed by atoms with Crippen LogP contribution < -0.4 is 4.74 Å². The van der Waals surface area contributed by atoms with E-state index in [0.29, 0.717) is 0 Å². The van der Waals surface area contributed by atoms with Gasteiger partial charge in [-0.25, -0.2) is 0 Å². The van der Waals surface area contributed by atoms with Crippen molar-refractivity contribution in [3.63, 3.8) is 0 Å². The summed E-state index contributed by atoms with van der Waals surface area (Å²) in [7, 11) is 3.94. The summed E-state index contributed by atoms with van der Waals surface area (Å²) in [6.45, 7) is 8.85. The van der Waals surface area contributed by atoms with Gasteiger partial charge in [0, 0.05) is 41.8 Å². The number of hydrogen-bond donors (Lipinski definition) is 0. The average molecular weight is 327 g/mol. The maximum atomic E-state index is 5.46. The first-order valence-electron chi connectivity index (χ1n) is 6.68. The summed E-state index contributed by atoms with van der Waals surface area (Å²) in [6.07, 6.45) is 0. The normalized spacial score (nSPS) is 20.5. The fourth-order valence-corrected chi connectivity index (χ4v) is 3.00. The molecule has 0 spiro atoms. The van der Waals surface area contributed by atoms with E-state index in [1.807, 2.05) is 12.1 Å². The highest BCUT2D eigenvalue weighted by molar-refractivity contribution is 9.10. The largest absolute Gasteiger partial charge is 0.496 e. The van der Waals surface area contributed by atoms with Crippen LogP contribution in [-0.4, -0.2) is 49.1 Å². The first kappa shape index (κ1) is 14.8. The molecule has 1 aromatic rings. The SMILES string of the molecule is COc1ccc(Br)cc1CN1CCN(C)C(C)(C)C1. The van der Waals surface area contributed by atoms with E-state index < -0.39 is 0 Å². The molecule has 0 bridgehead atoms. The van der Waals surface area contributed by atoms with Crippen LogP contribution in [0.4, 0.5) is 0 Å². The van der Waals surface area contributed by atoms with Crippen molar-refractivity contribution in [1.82, 2.24) is 9.80 Å². The van der Waals surface area contributed by atoms with Gasteiger partial charge in [-0.3, -0.25) is 9.80 Å². The van der Waals surface area contributed by atoms with Gasteiger partial charge in [0.25, 0.3) is 0 Å². The second-order valence-electron chi connectivity index (χ2n) is 5.90. The second-order valence-corrected chi connectivity index (χ2v) is 6.82. The molecule has 106 valence electrons. The summed E-state index contributed by atoms with van der Waals surface area (Å²) in [5, 5.41) is 0. The van der Waals surface area contributed by atoms with Crippen LogP contribution >= 0.6 is 15.9 Å². The molecule has 0 aliphatic carbocycles. The molecule has 0 amide bonds. The van der Waals surface area contributed by atoms with Crippen molar-refractivity contribution in [3.8, 4) is 5.75 Å². The van der Waals surface area contributed by atoms with Gasteiger partial charge in [-0.1, -0.05) is 15.9 Å². The molecule has 0 radical (unpaired) electrons. The molecule has 1 aliphatic rings. The third-order valence-corrected chi connectivity index (χ3v) is 4.53. The summed E-state index contributed by atoms with van der Waals surface area (Å²) in [4.78, 5) is 4.94.